The van der Waals surface area contributed by atoms with E-state index in [-0.39, 0.29) is 11.8 Å². The van der Waals surface area contributed by atoms with Crippen molar-refractivity contribution in [1.82, 2.24) is 15.3 Å². The Labute approximate surface area is 131 Å². The zero-order valence-corrected chi connectivity index (χ0v) is 12.6. The topological polar surface area (TPSA) is 80.9 Å². The lowest BCUT2D eigenvalue weighted by Crippen LogP contribution is -2.21. The number of hydrogen-bond donors (Lipinski definition) is 2. The van der Waals surface area contributed by atoms with Gasteiger partial charge in [0, 0.05) is 35.0 Å². The molecule has 5 nitrogen and oxygen atoms in total. The van der Waals surface area contributed by atoms with Crippen LogP contribution in [0, 0.1) is 0 Å². The molecule has 3 N–H and O–H groups in total. The van der Waals surface area contributed by atoms with Gasteiger partial charge in [-0.2, -0.15) is 0 Å². The molecule has 3 heterocycles. The largest absolute Gasteiger partial charge is 0.375 e. The highest BCUT2D eigenvalue weighted by Gasteiger charge is 2.28. The minimum Gasteiger partial charge on any atom is -0.375 e. The first kappa shape index (κ1) is 13.2. The van der Waals surface area contributed by atoms with Crippen molar-refractivity contribution in [2.45, 2.75) is 18.9 Å². The van der Waals surface area contributed by atoms with E-state index in [1.54, 1.807) is 6.20 Å². The number of nitrogens with zero attached hydrogens (tertiary/aromatic N) is 2. The van der Waals surface area contributed by atoms with Gasteiger partial charge in [0.25, 0.3) is 0 Å². The molecule has 1 aliphatic rings. The third kappa shape index (κ3) is 2.12. The lowest BCUT2D eigenvalue weighted by atomic mass is 9.90. The van der Waals surface area contributed by atoms with Gasteiger partial charge < -0.3 is 11.1 Å². The van der Waals surface area contributed by atoms with Crippen molar-refractivity contribution in [2.24, 2.45) is 0 Å². The van der Waals surface area contributed by atoms with Crippen molar-refractivity contribution >= 4 is 33.1 Å². The standard InChI is InChI=1S/C16H14N4OS/c17-16-20-13-8-19-14(21)6-12(15(13)22-16)11-3-1-2-9-7-18-5-4-10(9)11/h1-5,7,12H,6,8H2,(H2,17,20)(H,19,21)/t12-/m1/s1. The van der Waals surface area contributed by atoms with E-state index in [1.165, 1.54) is 11.3 Å². The molecule has 0 saturated carbocycles. The van der Waals surface area contributed by atoms with E-state index in [2.05, 4.69) is 21.4 Å². The number of hydrogen-bond acceptors (Lipinski definition) is 5. The maximum Gasteiger partial charge on any atom is 0.221 e. The first-order chi connectivity index (χ1) is 10.7. The number of rotatable bonds is 1. The van der Waals surface area contributed by atoms with Gasteiger partial charge in [-0.15, -0.1) is 11.3 Å². The second kappa shape index (κ2) is 5.06. The fourth-order valence-electron chi connectivity index (χ4n) is 3.02. The minimum absolute atomic E-state index is 0.0154. The summed E-state index contributed by atoms with van der Waals surface area (Å²) in [7, 11) is 0. The van der Waals surface area contributed by atoms with Crippen LogP contribution in [-0.2, 0) is 11.3 Å². The zero-order valence-electron chi connectivity index (χ0n) is 11.7. The Kier molecular flexibility index (Phi) is 3.04. The molecule has 1 atom stereocenters. The number of aromatic nitrogens is 2. The quantitative estimate of drug-likeness (QED) is 0.723. The monoisotopic (exact) mass is 310 g/mol. The van der Waals surface area contributed by atoms with Crippen LogP contribution in [0.5, 0.6) is 0 Å². The number of fused-ring (bicyclic) bond motifs is 2. The molecule has 110 valence electrons. The smallest absolute Gasteiger partial charge is 0.221 e. The van der Waals surface area contributed by atoms with Crippen LogP contribution in [-0.4, -0.2) is 15.9 Å². The summed E-state index contributed by atoms with van der Waals surface area (Å²) in [5.74, 6) is 0.0261. The predicted molar refractivity (Wildman–Crippen MR) is 86.6 cm³/mol. The number of nitrogens with two attached hydrogens (primary N) is 1. The van der Waals surface area contributed by atoms with Crippen molar-refractivity contribution in [3.63, 3.8) is 0 Å². The number of amides is 1. The SMILES string of the molecule is Nc1nc2c(s1)[C@@H](c1cccc3cnccc13)CC(=O)NC2. The normalized spacial score (nSPS) is 17.8. The van der Waals surface area contributed by atoms with Crippen molar-refractivity contribution in [3.05, 3.63) is 52.8 Å². The number of carbonyl (C=O) groups is 1. The zero-order chi connectivity index (χ0) is 15.1. The highest BCUT2D eigenvalue weighted by molar-refractivity contribution is 7.15. The summed E-state index contributed by atoms with van der Waals surface area (Å²) in [6.07, 6.45) is 4.04. The highest BCUT2D eigenvalue weighted by Crippen LogP contribution is 2.39. The lowest BCUT2D eigenvalue weighted by molar-refractivity contribution is -0.121. The first-order valence-corrected chi connectivity index (χ1v) is 7.88. The van der Waals surface area contributed by atoms with E-state index < -0.39 is 0 Å². The molecule has 0 aliphatic carbocycles. The van der Waals surface area contributed by atoms with Gasteiger partial charge in [0.1, 0.15) is 0 Å². The molecule has 3 aromatic rings. The fraction of sp³-hybridized carbons (Fsp3) is 0.188. The summed E-state index contributed by atoms with van der Waals surface area (Å²) in [5, 5.41) is 5.64. The predicted octanol–water partition coefficient (Wildman–Crippen LogP) is 2.43. The Bertz CT molecular complexity index is 868. The number of nitrogen functional groups attached to an aromatic ring is 1. The summed E-state index contributed by atoms with van der Waals surface area (Å²) in [6.45, 7) is 0.449. The Morgan fingerprint density at radius 2 is 2.23 bits per heavy atom. The summed E-state index contributed by atoms with van der Waals surface area (Å²) < 4.78 is 0. The van der Waals surface area contributed by atoms with Gasteiger partial charge in [-0.1, -0.05) is 18.2 Å². The summed E-state index contributed by atoms with van der Waals surface area (Å²) >= 11 is 1.48. The molecule has 6 heteroatoms. The van der Waals surface area contributed by atoms with Crippen molar-refractivity contribution in [1.29, 1.82) is 0 Å². The molecular formula is C16H14N4OS. The third-order valence-corrected chi connectivity index (χ3v) is 5.03. The number of benzene rings is 1. The second-order valence-corrected chi connectivity index (χ2v) is 6.40. The van der Waals surface area contributed by atoms with Gasteiger partial charge in [0.2, 0.25) is 5.91 Å². The molecular weight excluding hydrogens is 296 g/mol. The van der Waals surface area contributed by atoms with Crippen molar-refractivity contribution in [2.75, 3.05) is 5.73 Å². The fourth-order valence-corrected chi connectivity index (χ4v) is 3.99. The van der Waals surface area contributed by atoms with Gasteiger partial charge in [-0.25, -0.2) is 4.98 Å². The van der Waals surface area contributed by atoms with Crippen LogP contribution in [0.3, 0.4) is 0 Å². The number of thiazole rings is 1. The van der Waals surface area contributed by atoms with Gasteiger partial charge in [-0.05, 0) is 17.0 Å². The van der Waals surface area contributed by atoms with Gasteiger partial charge in [-0.3, -0.25) is 9.78 Å². The Balaban J connectivity index is 1.94. The molecule has 0 spiro atoms. The van der Waals surface area contributed by atoms with Crippen LogP contribution < -0.4 is 11.1 Å². The van der Waals surface area contributed by atoms with E-state index in [4.69, 9.17) is 5.73 Å². The molecule has 1 amide bonds. The third-order valence-electron chi connectivity index (χ3n) is 3.99. The Morgan fingerprint density at radius 1 is 1.32 bits per heavy atom. The molecule has 0 radical (unpaired) electrons. The van der Waals surface area contributed by atoms with Crippen LogP contribution in [0.1, 0.15) is 28.5 Å². The Hall–Kier alpha value is -2.47. The van der Waals surface area contributed by atoms with Crippen LogP contribution in [0.4, 0.5) is 5.13 Å². The van der Waals surface area contributed by atoms with Crippen molar-refractivity contribution in [3.8, 4) is 0 Å². The summed E-state index contributed by atoms with van der Waals surface area (Å²) in [5.41, 5.74) is 7.89. The van der Waals surface area contributed by atoms with Crippen LogP contribution in [0.15, 0.2) is 36.7 Å². The molecule has 22 heavy (non-hydrogen) atoms. The number of carbonyl (C=O) groups excluding carboxylic acids is 1. The van der Waals surface area contributed by atoms with Gasteiger partial charge >= 0.3 is 0 Å². The van der Waals surface area contributed by atoms with Crippen LogP contribution in [0.25, 0.3) is 10.8 Å². The van der Waals surface area contributed by atoms with E-state index in [0.29, 0.717) is 18.1 Å². The molecule has 4 rings (SSSR count). The number of nitrogens with one attached hydrogen (secondary N) is 1. The van der Waals surface area contributed by atoms with E-state index in [1.807, 2.05) is 24.4 Å². The lowest BCUT2D eigenvalue weighted by Gasteiger charge is -2.16. The average Bonchev–Trinajstić information content (AvgIpc) is 2.84. The molecule has 0 fully saturated rings. The van der Waals surface area contributed by atoms with Crippen LogP contribution in [0.2, 0.25) is 0 Å². The van der Waals surface area contributed by atoms with E-state index >= 15 is 0 Å². The van der Waals surface area contributed by atoms with E-state index in [9.17, 15) is 4.79 Å². The number of pyridine rings is 1. The summed E-state index contributed by atoms with van der Waals surface area (Å²) in [4.78, 5) is 21.7. The van der Waals surface area contributed by atoms with Crippen molar-refractivity contribution < 1.29 is 4.79 Å². The highest BCUT2D eigenvalue weighted by atomic mass is 32.1. The van der Waals surface area contributed by atoms with Gasteiger partial charge in [0.15, 0.2) is 5.13 Å². The maximum absolute atomic E-state index is 12.1. The second-order valence-electron chi connectivity index (χ2n) is 5.34. The minimum atomic E-state index is -0.0154. The summed E-state index contributed by atoms with van der Waals surface area (Å²) in [6, 6.07) is 8.11. The maximum atomic E-state index is 12.1. The molecule has 0 bridgehead atoms. The first-order valence-electron chi connectivity index (χ1n) is 7.07. The van der Waals surface area contributed by atoms with E-state index in [0.717, 1.165) is 26.9 Å². The average molecular weight is 310 g/mol. The molecule has 0 saturated heterocycles. The van der Waals surface area contributed by atoms with Crippen LogP contribution >= 0.6 is 11.3 Å². The molecule has 1 aromatic carbocycles. The number of anilines is 1. The molecule has 2 aromatic heterocycles. The molecule has 1 aliphatic heterocycles. The Morgan fingerprint density at radius 3 is 3.14 bits per heavy atom. The van der Waals surface area contributed by atoms with Gasteiger partial charge in [0.05, 0.1) is 12.2 Å². The molecule has 0 unspecified atom stereocenters.